The summed E-state index contributed by atoms with van der Waals surface area (Å²) >= 11 is 0. The fraction of sp³-hybridized carbons (Fsp3) is 0.650. The van der Waals surface area contributed by atoms with Gasteiger partial charge in [-0.3, -0.25) is 0 Å². The van der Waals surface area contributed by atoms with Crippen LogP contribution in [0.1, 0.15) is 51.0 Å². The van der Waals surface area contributed by atoms with Crippen molar-refractivity contribution in [2.24, 2.45) is 4.99 Å². The standard InChI is InChI=1S/C20H33N3O2.HI/c1-3-21-20(23-18-10-5-4-6-11-18)22-16-17-9-7-12-19(15-17)25-14-8-13-24-2;/h7,9,12,15,18H,3-6,8,10-11,13-14,16H2,1-2H3,(H2,21,22,23);1H. The van der Waals surface area contributed by atoms with Gasteiger partial charge in [-0.2, -0.15) is 0 Å². The maximum atomic E-state index is 5.76. The van der Waals surface area contributed by atoms with Gasteiger partial charge in [-0.05, 0) is 37.5 Å². The molecular formula is C20H34IN3O2. The molecule has 0 aliphatic heterocycles. The van der Waals surface area contributed by atoms with Crippen molar-refractivity contribution in [2.45, 2.75) is 58.0 Å². The minimum absolute atomic E-state index is 0. The summed E-state index contributed by atoms with van der Waals surface area (Å²) in [6.07, 6.45) is 7.39. The number of aliphatic imine (C=N–C) groups is 1. The lowest BCUT2D eigenvalue weighted by Gasteiger charge is -2.24. The highest BCUT2D eigenvalue weighted by Gasteiger charge is 2.14. The lowest BCUT2D eigenvalue weighted by Crippen LogP contribution is -2.44. The number of guanidine groups is 1. The fourth-order valence-corrected chi connectivity index (χ4v) is 3.06. The molecule has 0 bridgehead atoms. The topological polar surface area (TPSA) is 54.9 Å². The monoisotopic (exact) mass is 475 g/mol. The Balaban J connectivity index is 0.00000338. The van der Waals surface area contributed by atoms with E-state index in [1.54, 1.807) is 7.11 Å². The molecule has 0 heterocycles. The lowest BCUT2D eigenvalue weighted by atomic mass is 9.96. The SMILES string of the molecule is CCNC(=NCc1cccc(OCCCOC)c1)NC1CCCCC1.I. The molecule has 0 unspecified atom stereocenters. The smallest absolute Gasteiger partial charge is 0.191 e. The summed E-state index contributed by atoms with van der Waals surface area (Å²) in [7, 11) is 1.71. The molecule has 1 aromatic carbocycles. The zero-order valence-electron chi connectivity index (χ0n) is 16.1. The molecule has 0 atom stereocenters. The number of rotatable bonds is 9. The van der Waals surface area contributed by atoms with Gasteiger partial charge in [0.25, 0.3) is 0 Å². The van der Waals surface area contributed by atoms with Crippen LogP contribution in [0.15, 0.2) is 29.3 Å². The molecule has 0 spiro atoms. The van der Waals surface area contributed by atoms with E-state index in [2.05, 4.69) is 29.7 Å². The van der Waals surface area contributed by atoms with Gasteiger partial charge < -0.3 is 20.1 Å². The van der Waals surface area contributed by atoms with Crippen LogP contribution in [-0.2, 0) is 11.3 Å². The molecule has 2 N–H and O–H groups in total. The third-order valence-electron chi connectivity index (χ3n) is 4.37. The molecule has 6 heteroatoms. The third-order valence-corrected chi connectivity index (χ3v) is 4.37. The van der Waals surface area contributed by atoms with Gasteiger partial charge in [-0.15, -0.1) is 24.0 Å². The summed E-state index contributed by atoms with van der Waals surface area (Å²) in [6.45, 7) is 5.03. The summed E-state index contributed by atoms with van der Waals surface area (Å²) in [5, 5.41) is 6.94. The van der Waals surface area contributed by atoms with Gasteiger partial charge in [0.2, 0.25) is 0 Å². The van der Waals surface area contributed by atoms with E-state index in [0.717, 1.165) is 36.8 Å². The van der Waals surface area contributed by atoms with E-state index in [-0.39, 0.29) is 24.0 Å². The molecular weight excluding hydrogens is 441 g/mol. The van der Waals surface area contributed by atoms with Crippen molar-refractivity contribution in [1.82, 2.24) is 10.6 Å². The van der Waals surface area contributed by atoms with E-state index in [9.17, 15) is 0 Å². The van der Waals surface area contributed by atoms with Crippen molar-refractivity contribution in [3.63, 3.8) is 0 Å². The van der Waals surface area contributed by atoms with Gasteiger partial charge in [0.1, 0.15) is 5.75 Å². The van der Waals surface area contributed by atoms with E-state index >= 15 is 0 Å². The van der Waals surface area contributed by atoms with Crippen LogP contribution in [0, 0.1) is 0 Å². The number of nitrogens with one attached hydrogen (secondary N) is 2. The molecule has 5 nitrogen and oxygen atoms in total. The fourth-order valence-electron chi connectivity index (χ4n) is 3.06. The Hall–Kier alpha value is -1.02. The second-order valence-corrected chi connectivity index (χ2v) is 6.52. The first-order valence-corrected chi connectivity index (χ1v) is 9.57. The first-order valence-electron chi connectivity index (χ1n) is 9.57. The quantitative estimate of drug-likeness (QED) is 0.244. The van der Waals surface area contributed by atoms with Crippen LogP contribution in [0.2, 0.25) is 0 Å². The highest BCUT2D eigenvalue weighted by atomic mass is 127. The average Bonchev–Trinajstić information content (AvgIpc) is 2.65. The molecule has 1 aliphatic rings. The maximum absolute atomic E-state index is 5.76. The molecule has 2 rings (SSSR count). The molecule has 0 radical (unpaired) electrons. The van der Waals surface area contributed by atoms with Crippen LogP contribution in [-0.4, -0.2) is 38.9 Å². The van der Waals surface area contributed by atoms with Gasteiger partial charge in [0, 0.05) is 32.7 Å². The van der Waals surface area contributed by atoms with E-state index in [4.69, 9.17) is 14.5 Å². The first kappa shape index (κ1) is 23.0. The largest absolute Gasteiger partial charge is 0.493 e. The van der Waals surface area contributed by atoms with Crippen molar-refractivity contribution >= 4 is 29.9 Å². The summed E-state index contributed by atoms with van der Waals surface area (Å²) < 4.78 is 10.8. The molecule has 0 amide bonds. The van der Waals surface area contributed by atoms with Crippen LogP contribution < -0.4 is 15.4 Å². The minimum atomic E-state index is 0. The highest BCUT2D eigenvalue weighted by Crippen LogP contribution is 2.17. The van der Waals surface area contributed by atoms with E-state index in [1.165, 1.54) is 32.1 Å². The Kier molecular flexibility index (Phi) is 12.5. The molecule has 1 fully saturated rings. The molecule has 1 aromatic rings. The second kappa shape index (κ2) is 14.1. The van der Waals surface area contributed by atoms with Crippen molar-refractivity contribution in [3.05, 3.63) is 29.8 Å². The molecule has 0 saturated heterocycles. The van der Waals surface area contributed by atoms with Gasteiger partial charge in [0.05, 0.1) is 13.2 Å². The van der Waals surface area contributed by atoms with Gasteiger partial charge in [0.15, 0.2) is 5.96 Å². The summed E-state index contributed by atoms with van der Waals surface area (Å²) in [6, 6.07) is 8.74. The Morgan fingerprint density at radius 3 is 2.73 bits per heavy atom. The van der Waals surface area contributed by atoms with Gasteiger partial charge in [-0.1, -0.05) is 31.4 Å². The normalized spacial score (nSPS) is 15.2. The predicted molar refractivity (Wildman–Crippen MR) is 119 cm³/mol. The Morgan fingerprint density at radius 2 is 2.00 bits per heavy atom. The third kappa shape index (κ3) is 9.07. The summed E-state index contributed by atoms with van der Waals surface area (Å²) in [4.78, 5) is 4.75. The number of hydrogen-bond donors (Lipinski definition) is 2. The number of hydrogen-bond acceptors (Lipinski definition) is 3. The minimum Gasteiger partial charge on any atom is -0.493 e. The predicted octanol–water partition coefficient (Wildman–Crippen LogP) is 4.11. The number of halogens is 1. The number of benzene rings is 1. The molecule has 1 aliphatic carbocycles. The van der Waals surface area contributed by atoms with Crippen LogP contribution in [0.5, 0.6) is 5.75 Å². The molecule has 148 valence electrons. The Labute approximate surface area is 175 Å². The van der Waals surface area contributed by atoms with Crippen LogP contribution in [0.4, 0.5) is 0 Å². The molecule has 1 saturated carbocycles. The number of methoxy groups -OCH3 is 1. The van der Waals surface area contributed by atoms with E-state index < -0.39 is 0 Å². The summed E-state index contributed by atoms with van der Waals surface area (Å²) in [5.74, 6) is 1.81. The van der Waals surface area contributed by atoms with Crippen molar-refractivity contribution in [1.29, 1.82) is 0 Å². The van der Waals surface area contributed by atoms with Crippen molar-refractivity contribution in [2.75, 3.05) is 26.9 Å². The van der Waals surface area contributed by atoms with Crippen molar-refractivity contribution in [3.8, 4) is 5.75 Å². The second-order valence-electron chi connectivity index (χ2n) is 6.52. The lowest BCUT2D eigenvalue weighted by molar-refractivity contribution is 0.172. The zero-order chi connectivity index (χ0) is 17.7. The number of ether oxygens (including phenoxy) is 2. The van der Waals surface area contributed by atoms with Crippen LogP contribution in [0.25, 0.3) is 0 Å². The van der Waals surface area contributed by atoms with Crippen LogP contribution in [0.3, 0.4) is 0 Å². The number of nitrogens with zero attached hydrogens (tertiary/aromatic N) is 1. The Morgan fingerprint density at radius 1 is 1.19 bits per heavy atom. The van der Waals surface area contributed by atoms with E-state index in [1.807, 2.05) is 12.1 Å². The van der Waals surface area contributed by atoms with Gasteiger partial charge >= 0.3 is 0 Å². The van der Waals surface area contributed by atoms with Gasteiger partial charge in [-0.25, -0.2) is 4.99 Å². The summed E-state index contributed by atoms with van der Waals surface area (Å²) in [5.41, 5.74) is 1.16. The molecule has 0 aromatic heterocycles. The maximum Gasteiger partial charge on any atom is 0.191 e. The van der Waals surface area contributed by atoms with Crippen LogP contribution >= 0.6 is 24.0 Å². The average molecular weight is 475 g/mol. The Bertz CT molecular complexity index is 520. The van der Waals surface area contributed by atoms with Crippen molar-refractivity contribution < 1.29 is 9.47 Å². The van der Waals surface area contributed by atoms with E-state index in [0.29, 0.717) is 19.2 Å². The highest BCUT2D eigenvalue weighted by molar-refractivity contribution is 14.0. The zero-order valence-corrected chi connectivity index (χ0v) is 18.5. The molecule has 26 heavy (non-hydrogen) atoms. The first-order chi connectivity index (χ1) is 12.3.